The van der Waals surface area contributed by atoms with Crippen molar-refractivity contribution in [1.82, 2.24) is 0 Å². The monoisotopic (exact) mass is 278 g/mol. The fourth-order valence-corrected chi connectivity index (χ4v) is 2.00. The molecule has 0 bridgehead atoms. The number of nitrogens with two attached hydrogens (primary N) is 1. The predicted octanol–water partition coefficient (Wildman–Crippen LogP) is 2.87. The molecule has 0 atom stereocenters. The first-order chi connectivity index (χ1) is 10.1. The Hall–Kier alpha value is -2.57. The lowest BCUT2D eigenvalue weighted by Crippen LogP contribution is -2.14. The van der Waals surface area contributed by atoms with Gasteiger partial charge in [0, 0.05) is 16.8 Å². The summed E-state index contributed by atoms with van der Waals surface area (Å²) in [4.78, 5) is 12.3. The molecule has 0 spiro atoms. The Balaban J connectivity index is 2.27. The lowest BCUT2D eigenvalue weighted by Gasteiger charge is -2.10. The Morgan fingerprint density at radius 1 is 1.14 bits per heavy atom. The van der Waals surface area contributed by atoms with Crippen LogP contribution in [0.1, 0.15) is 27.0 Å². The molecule has 0 aliphatic carbocycles. The van der Waals surface area contributed by atoms with Crippen molar-refractivity contribution in [2.24, 2.45) is 5.73 Å². The van der Waals surface area contributed by atoms with Crippen LogP contribution >= 0.6 is 0 Å². The minimum Gasteiger partial charge on any atom is -0.322 e. The van der Waals surface area contributed by atoms with Crippen molar-refractivity contribution in [2.75, 3.05) is 11.9 Å². The standard InChI is InChI=1S/C18H18N2O/c1-13-6-3-4-8-16(13)18(21)20-17-12-15(7-5-11-19)10-9-14(17)2/h3-4,6,8-10,12H,11,19H2,1-2H3,(H,20,21). The van der Waals surface area contributed by atoms with Gasteiger partial charge in [0.1, 0.15) is 0 Å². The fraction of sp³-hybridized carbons (Fsp3) is 0.167. The van der Waals surface area contributed by atoms with Crippen LogP contribution in [0.2, 0.25) is 0 Å². The molecule has 0 heterocycles. The van der Waals surface area contributed by atoms with Gasteiger partial charge in [-0.2, -0.15) is 0 Å². The Morgan fingerprint density at radius 2 is 1.90 bits per heavy atom. The molecule has 106 valence electrons. The minimum absolute atomic E-state index is 0.111. The molecular formula is C18H18N2O. The Kier molecular flexibility index (Phi) is 4.76. The van der Waals surface area contributed by atoms with Crippen molar-refractivity contribution in [3.8, 4) is 11.8 Å². The van der Waals surface area contributed by atoms with E-state index in [2.05, 4.69) is 17.2 Å². The van der Waals surface area contributed by atoms with Crippen molar-refractivity contribution in [3.63, 3.8) is 0 Å². The summed E-state index contributed by atoms with van der Waals surface area (Å²) in [6.07, 6.45) is 0. The molecule has 0 saturated carbocycles. The summed E-state index contributed by atoms with van der Waals surface area (Å²) in [5, 5.41) is 2.95. The van der Waals surface area contributed by atoms with Gasteiger partial charge in [0.05, 0.1) is 6.54 Å². The number of rotatable bonds is 2. The van der Waals surface area contributed by atoms with Crippen molar-refractivity contribution in [3.05, 3.63) is 64.7 Å². The Labute approximate surface area is 125 Å². The molecule has 0 radical (unpaired) electrons. The van der Waals surface area contributed by atoms with Crippen molar-refractivity contribution in [1.29, 1.82) is 0 Å². The topological polar surface area (TPSA) is 55.1 Å². The molecule has 3 heteroatoms. The van der Waals surface area contributed by atoms with Gasteiger partial charge < -0.3 is 11.1 Å². The molecule has 2 aromatic carbocycles. The van der Waals surface area contributed by atoms with Crippen LogP contribution in [0, 0.1) is 25.7 Å². The third kappa shape index (κ3) is 3.71. The van der Waals surface area contributed by atoms with Crippen LogP contribution in [0.3, 0.4) is 0 Å². The van der Waals surface area contributed by atoms with E-state index in [1.807, 2.05) is 56.3 Å². The molecule has 0 fully saturated rings. The maximum atomic E-state index is 12.3. The molecule has 1 amide bonds. The third-order valence-electron chi connectivity index (χ3n) is 3.21. The quantitative estimate of drug-likeness (QED) is 0.830. The second kappa shape index (κ2) is 6.74. The third-order valence-corrected chi connectivity index (χ3v) is 3.21. The first-order valence-electron chi connectivity index (χ1n) is 6.78. The molecule has 0 aliphatic heterocycles. The second-order valence-electron chi connectivity index (χ2n) is 4.80. The minimum atomic E-state index is -0.111. The van der Waals surface area contributed by atoms with Crippen LogP contribution in [0.25, 0.3) is 0 Å². The zero-order chi connectivity index (χ0) is 15.2. The number of amides is 1. The highest BCUT2D eigenvalue weighted by atomic mass is 16.1. The maximum Gasteiger partial charge on any atom is 0.255 e. The lowest BCUT2D eigenvalue weighted by molar-refractivity contribution is 0.102. The van der Waals surface area contributed by atoms with E-state index in [9.17, 15) is 4.79 Å². The van der Waals surface area contributed by atoms with E-state index < -0.39 is 0 Å². The number of aryl methyl sites for hydroxylation is 2. The van der Waals surface area contributed by atoms with Gasteiger partial charge in [-0.25, -0.2) is 0 Å². The molecular weight excluding hydrogens is 260 g/mol. The van der Waals surface area contributed by atoms with Gasteiger partial charge in [0.25, 0.3) is 5.91 Å². The van der Waals surface area contributed by atoms with Crippen LogP contribution in [0.5, 0.6) is 0 Å². The summed E-state index contributed by atoms with van der Waals surface area (Å²) in [5.41, 5.74) is 9.61. The number of carbonyl (C=O) groups is 1. The van der Waals surface area contributed by atoms with Gasteiger partial charge >= 0.3 is 0 Å². The normalized spacial score (nSPS) is 9.67. The van der Waals surface area contributed by atoms with Gasteiger partial charge in [-0.1, -0.05) is 36.1 Å². The summed E-state index contributed by atoms with van der Waals surface area (Å²) in [5.74, 6) is 5.67. The summed E-state index contributed by atoms with van der Waals surface area (Å²) < 4.78 is 0. The van der Waals surface area contributed by atoms with Crippen LogP contribution in [0.4, 0.5) is 5.69 Å². The highest BCUT2D eigenvalue weighted by molar-refractivity contribution is 6.05. The molecule has 3 N–H and O–H groups in total. The van der Waals surface area contributed by atoms with E-state index in [0.29, 0.717) is 12.1 Å². The number of hydrogen-bond acceptors (Lipinski definition) is 2. The molecule has 21 heavy (non-hydrogen) atoms. The lowest BCUT2D eigenvalue weighted by atomic mass is 10.1. The SMILES string of the molecule is Cc1ccc(C#CCN)cc1NC(=O)c1ccccc1C. The molecule has 0 unspecified atom stereocenters. The number of hydrogen-bond donors (Lipinski definition) is 2. The van der Waals surface area contributed by atoms with Crippen molar-refractivity contribution >= 4 is 11.6 Å². The van der Waals surface area contributed by atoms with Gasteiger partial charge in [0.2, 0.25) is 0 Å². The Morgan fingerprint density at radius 3 is 2.62 bits per heavy atom. The zero-order valence-electron chi connectivity index (χ0n) is 12.2. The molecule has 0 aromatic heterocycles. The predicted molar refractivity (Wildman–Crippen MR) is 86.2 cm³/mol. The summed E-state index contributed by atoms with van der Waals surface area (Å²) in [6.45, 7) is 4.19. The van der Waals surface area contributed by atoms with Gasteiger partial charge in [0.15, 0.2) is 0 Å². The van der Waals surface area contributed by atoms with E-state index in [1.165, 1.54) is 0 Å². The average Bonchev–Trinajstić information content (AvgIpc) is 2.48. The summed E-state index contributed by atoms with van der Waals surface area (Å²) >= 11 is 0. The van der Waals surface area contributed by atoms with Crippen LogP contribution < -0.4 is 11.1 Å². The number of benzene rings is 2. The van der Waals surface area contributed by atoms with Crippen molar-refractivity contribution in [2.45, 2.75) is 13.8 Å². The molecule has 0 aliphatic rings. The van der Waals surface area contributed by atoms with Crippen LogP contribution in [-0.2, 0) is 0 Å². The van der Waals surface area contributed by atoms with E-state index in [4.69, 9.17) is 5.73 Å². The maximum absolute atomic E-state index is 12.3. The molecule has 2 rings (SSSR count). The molecule has 2 aromatic rings. The molecule has 3 nitrogen and oxygen atoms in total. The van der Waals surface area contributed by atoms with Crippen LogP contribution in [-0.4, -0.2) is 12.5 Å². The van der Waals surface area contributed by atoms with Gasteiger partial charge in [-0.05, 0) is 43.2 Å². The van der Waals surface area contributed by atoms with E-state index >= 15 is 0 Å². The van der Waals surface area contributed by atoms with E-state index in [-0.39, 0.29) is 5.91 Å². The van der Waals surface area contributed by atoms with E-state index in [0.717, 1.165) is 22.4 Å². The first kappa shape index (κ1) is 14.8. The van der Waals surface area contributed by atoms with Crippen LogP contribution in [0.15, 0.2) is 42.5 Å². The van der Waals surface area contributed by atoms with Crippen molar-refractivity contribution < 1.29 is 4.79 Å². The second-order valence-corrected chi connectivity index (χ2v) is 4.80. The Bertz CT molecular complexity index is 723. The highest BCUT2D eigenvalue weighted by Gasteiger charge is 2.10. The van der Waals surface area contributed by atoms with E-state index in [1.54, 1.807) is 0 Å². The highest BCUT2D eigenvalue weighted by Crippen LogP contribution is 2.18. The zero-order valence-corrected chi connectivity index (χ0v) is 12.2. The number of nitrogens with one attached hydrogen (secondary N) is 1. The largest absolute Gasteiger partial charge is 0.322 e. The molecule has 0 saturated heterocycles. The smallest absolute Gasteiger partial charge is 0.255 e. The summed E-state index contributed by atoms with van der Waals surface area (Å²) in [7, 11) is 0. The number of carbonyl (C=O) groups excluding carboxylic acids is 1. The number of anilines is 1. The fourth-order valence-electron chi connectivity index (χ4n) is 2.00. The van der Waals surface area contributed by atoms with Gasteiger partial charge in [-0.3, -0.25) is 4.79 Å². The summed E-state index contributed by atoms with van der Waals surface area (Å²) in [6, 6.07) is 13.2. The first-order valence-corrected chi connectivity index (χ1v) is 6.78. The average molecular weight is 278 g/mol. The van der Waals surface area contributed by atoms with Gasteiger partial charge in [-0.15, -0.1) is 0 Å².